The van der Waals surface area contributed by atoms with Crippen LogP contribution in [0.25, 0.3) is 32.4 Å². The van der Waals surface area contributed by atoms with Crippen molar-refractivity contribution in [3.05, 3.63) is 47.5 Å². The van der Waals surface area contributed by atoms with Gasteiger partial charge in [-0.1, -0.05) is 5.16 Å². The van der Waals surface area contributed by atoms with Gasteiger partial charge in [-0.25, -0.2) is 4.98 Å². The van der Waals surface area contributed by atoms with Crippen molar-refractivity contribution < 1.29 is 14.4 Å². The first kappa shape index (κ1) is 15.9. The van der Waals surface area contributed by atoms with E-state index in [1.807, 2.05) is 24.3 Å². The quantitative estimate of drug-likeness (QED) is 0.575. The molecule has 0 radical (unpaired) electrons. The zero-order valence-electron chi connectivity index (χ0n) is 14.1. The Hall–Kier alpha value is -2.28. The fraction of sp³-hybridized carbons (Fsp3) is 0.300. The van der Waals surface area contributed by atoms with Crippen LogP contribution in [-0.4, -0.2) is 28.5 Å². The maximum absolute atomic E-state index is 10.7. The summed E-state index contributed by atoms with van der Waals surface area (Å²) in [6.07, 6.45) is 3.10. The van der Waals surface area contributed by atoms with Crippen LogP contribution in [0.2, 0.25) is 0 Å². The molecule has 0 spiro atoms. The van der Waals surface area contributed by atoms with E-state index in [1.165, 1.54) is 0 Å². The summed E-state index contributed by atoms with van der Waals surface area (Å²) in [5, 5.41) is 16.6. The van der Waals surface area contributed by atoms with Gasteiger partial charge < -0.3 is 14.4 Å². The van der Waals surface area contributed by atoms with Gasteiger partial charge in [0, 0.05) is 34.4 Å². The number of pyridine rings is 1. The van der Waals surface area contributed by atoms with Gasteiger partial charge >= 0.3 is 0 Å². The number of ether oxygens (including phenoxy) is 1. The van der Waals surface area contributed by atoms with Crippen LogP contribution in [0.5, 0.6) is 0 Å². The first-order chi connectivity index (χ1) is 12.8. The molecule has 4 aromatic rings. The van der Waals surface area contributed by atoms with Gasteiger partial charge in [-0.05, 0) is 55.2 Å². The van der Waals surface area contributed by atoms with E-state index >= 15 is 0 Å². The molecule has 1 fully saturated rings. The van der Waals surface area contributed by atoms with Gasteiger partial charge in [0.2, 0.25) is 0 Å². The molecule has 0 aliphatic carbocycles. The van der Waals surface area contributed by atoms with Gasteiger partial charge in [0.25, 0.3) is 0 Å². The summed E-state index contributed by atoms with van der Waals surface area (Å²) in [6.45, 7) is 1.47. The average Bonchev–Trinajstić information content (AvgIpc) is 3.33. The molecular formula is C20H18N2O3S. The predicted octanol–water partition coefficient (Wildman–Crippen LogP) is 4.56. The Balaban J connectivity index is 1.49. The second-order valence-corrected chi connectivity index (χ2v) is 7.77. The van der Waals surface area contributed by atoms with E-state index in [4.69, 9.17) is 14.2 Å². The summed E-state index contributed by atoms with van der Waals surface area (Å²) in [6, 6.07) is 12.1. The highest BCUT2D eigenvalue weighted by molar-refractivity contribution is 7.18. The largest absolute Gasteiger partial charge is 0.387 e. The molecule has 0 saturated carbocycles. The number of nitrogens with zero attached hydrogens (tertiary/aromatic N) is 2. The molecule has 1 aromatic carbocycles. The van der Waals surface area contributed by atoms with E-state index < -0.39 is 6.10 Å². The lowest BCUT2D eigenvalue weighted by molar-refractivity contribution is 0.00856. The van der Waals surface area contributed by atoms with Crippen molar-refractivity contribution in [2.75, 3.05) is 13.2 Å². The van der Waals surface area contributed by atoms with Crippen molar-refractivity contribution in [1.82, 2.24) is 10.1 Å². The summed E-state index contributed by atoms with van der Waals surface area (Å²) >= 11 is 1.58. The zero-order valence-corrected chi connectivity index (χ0v) is 14.9. The second-order valence-electron chi connectivity index (χ2n) is 6.71. The summed E-state index contributed by atoms with van der Waals surface area (Å²) in [5.74, 6) is 0.271. The van der Waals surface area contributed by atoms with Crippen molar-refractivity contribution in [3.63, 3.8) is 0 Å². The van der Waals surface area contributed by atoms with Gasteiger partial charge in [0.05, 0.1) is 18.0 Å². The molecule has 1 N–H and O–H groups in total. The van der Waals surface area contributed by atoms with E-state index in [9.17, 15) is 5.11 Å². The summed E-state index contributed by atoms with van der Waals surface area (Å²) < 4.78 is 10.6. The molecular weight excluding hydrogens is 348 g/mol. The third-order valence-electron chi connectivity index (χ3n) is 5.05. The molecule has 26 heavy (non-hydrogen) atoms. The molecule has 1 atom stereocenters. The highest BCUT2D eigenvalue weighted by Gasteiger charge is 2.25. The Morgan fingerprint density at radius 1 is 1.08 bits per heavy atom. The average molecular weight is 366 g/mol. The van der Waals surface area contributed by atoms with E-state index in [-0.39, 0.29) is 5.92 Å². The number of benzene rings is 1. The van der Waals surface area contributed by atoms with Crippen LogP contribution in [0.1, 0.15) is 23.8 Å². The summed E-state index contributed by atoms with van der Waals surface area (Å²) in [5.41, 5.74) is 2.71. The Kier molecular flexibility index (Phi) is 3.96. The van der Waals surface area contributed by atoms with Gasteiger partial charge in [0.15, 0.2) is 5.58 Å². The first-order valence-corrected chi connectivity index (χ1v) is 9.61. The minimum absolute atomic E-state index is 0.271. The number of aliphatic hydroxyl groups excluding tert-OH is 1. The van der Waals surface area contributed by atoms with Crippen molar-refractivity contribution >= 4 is 32.5 Å². The normalized spacial score (nSPS) is 17.1. The van der Waals surface area contributed by atoms with Crippen LogP contribution in [0, 0.1) is 5.92 Å². The van der Waals surface area contributed by atoms with Crippen molar-refractivity contribution in [1.29, 1.82) is 0 Å². The number of aromatic nitrogens is 2. The maximum Gasteiger partial charge on any atom is 0.166 e. The predicted molar refractivity (Wildman–Crippen MR) is 101 cm³/mol. The number of hydrogen-bond donors (Lipinski definition) is 1. The van der Waals surface area contributed by atoms with E-state index in [1.54, 1.807) is 17.5 Å². The molecule has 1 saturated heterocycles. The van der Waals surface area contributed by atoms with Crippen LogP contribution < -0.4 is 0 Å². The van der Waals surface area contributed by atoms with Gasteiger partial charge in [0.1, 0.15) is 4.83 Å². The van der Waals surface area contributed by atoms with Crippen molar-refractivity contribution in [2.45, 2.75) is 18.9 Å². The molecule has 3 aromatic heterocycles. The Morgan fingerprint density at radius 2 is 1.96 bits per heavy atom. The molecule has 1 aliphatic heterocycles. The number of rotatable bonds is 3. The number of hydrogen-bond acceptors (Lipinski definition) is 6. The molecule has 1 unspecified atom stereocenters. The third kappa shape index (κ3) is 2.80. The SMILES string of the molecule is OC(c1cc2ccc(-c3ccc4oncc4c3)nc2s1)C1CCOCC1. The topological polar surface area (TPSA) is 68.4 Å². The lowest BCUT2D eigenvalue weighted by atomic mass is 9.93. The fourth-order valence-corrected chi connectivity index (χ4v) is 4.65. The molecule has 5 nitrogen and oxygen atoms in total. The van der Waals surface area contributed by atoms with E-state index in [0.29, 0.717) is 0 Å². The van der Waals surface area contributed by atoms with E-state index in [2.05, 4.69) is 17.3 Å². The van der Waals surface area contributed by atoms with Gasteiger partial charge in [-0.15, -0.1) is 11.3 Å². The molecule has 4 heterocycles. The fourth-order valence-electron chi connectivity index (χ4n) is 3.54. The van der Waals surface area contributed by atoms with Crippen molar-refractivity contribution in [2.24, 2.45) is 5.92 Å². The lowest BCUT2D eigenvalue weighted by Crippen LogP contribution is -2.21. The number of aliphatic hydroxyl groups is 1. The van der Waals surface area contributed by atoms with Crippen LogP contribution in [0.3, 0.4) is 0 Å². The minimum Gasteiger partial charge on any atom is -0.387 e. The summed E-state index contributed by atoms with van der Waals surface area (Å²) in [4.78, 5) is 6.76. The Labute approximate surface area is 154 Å². The number of fused-ring (bicyclic) bond motifs is 2. The van der Waals surface area contributed by atoms with Gasteiger partial charge in [-0.3, -0.25) is 0 Å². The van der Waals surface area contributed by atoms with E-state index in [0.717, 1.165) is 63.4 Å². The number of thiophene rings is 1. The highest BCUT2D eigenvalue weighted by atomic mass is 32.1. The van der Waals surface area contributed by atoms with Crippen LogP contribution in [0.15, 0.2) is 47.1 Å². The second kappa shape index (κ2) is 6.46. The van der Waals surface area contributed by atoms with Crippen LogP contribution >= 0.6 is 11.3 Å². The zero-order chi connectivity index (χ0) is 17.5. The molecule has 6 heteroatoms. The molecule has 0 bridgehead atoms. The minimum atomic E-state index is -0.435. The molecule has 5 rings (SSSR count). The third-order valence-corrected chi connectivity index (χ3v) is 6.17. The molecule has 132 valence electrons. The molecule has 1 aliphatic rings. The van der Waals surface area contributed by atoms with Crippen molar-refractivity contribution in [3.8, 4) is 11.3 Å². The first-order valence-electron chi connectivity index (χ1n) is 8.79. The smallest absolute Gasteiger partial charge is 0.166 e. The van der Waals surface area contributed by atoms with Crippen LogP contribution in [-0.2, 0) is 4.74 Å². The Bertz CT molecular complexity index is 1070. The Morgan fingerprint density at radius 3 is 2.85 bits per heavy atom. The standard InChI is InChI=1S/C20H18N2O3S/c23-19(12-5-7-24-8-6-12)18-10-14-1-3-16(22-20(14)26-18)13-2-4-17-15(9-13)11-21-25-17/h1-4,9-12,19,23H,5-8H2. The summed E-state index contributed by atoms with van der Waals surface area (Å²) in [7, 11) is 0. The highest BCUT2D eigenvalue weighted by Crippen LogP contribution is 2.37. The monoisotopic (exact) mass is 366 g/mol. The van der Waals surface area contributed by atoms with Crippen LogP contribution in [0.4, 0.5) is 0 Å². The maximum atomic E-state index is 10.7. The molecule has 0 amide bonds. The van der Waals surface area contributed by atoms with Gasteiger partial charge in [-0.2, -0.15) is 0 Å². The lowest BCUT2D eigenvalue weighted by Gasteiger charge is -2.25.